The van der Waals surface area contributed by atoms with E-state index in [1.165, 1.54) is 12.0 Å². The van der Waals surface area contributed by atoms with Crippen LogP contribution in [0.25, 0.3) is 0 Å². The lowest BCUT2D eigenvalue weighted by atomic mass is 10.1. The van der Waals surface area contributed by atoms with Gasteiger partial charge in [-0.25, -0.2) is 0 Å². The number of fused-ring (bicyclic) bond motifs is 1. The molecule has 3 N–H and O–H groups in total. The lowest BCUT2D eigenvalue weighted by molar-refractivity contribution is 0.146. The topological polar surface area (TPSA) is 62.9 Å². The molecule has 1 aliphatic heterocycles. The maximum atomic E-state index is 5.85. The van der Waals surface area contributed by atoms with E-state index in [9.17, 15) is 0 Å². The van der Waals surface area contributed by atoms with E-state index in [0.717, 1.165) is 52.4 Å². The Morgan fingerprint density at radius 1 is 1.55 bits per heavy atom. The van der Waals surface area contributed by atoms with E-state index in [1.807, 2.05) is 18.3 Å². The molecule has 0 bridgehead atoms. The van der Waals surface area contributed by atoms with Crippen molar-refractivity contribution in [2.24, 2.45) is 10.7 Å². The fourth-order valence-electron chi connectivity index (χ4n) is 2.41. The zero-order valence-corrected chi connectivity index (χ0v) is 16.4. The van der Waals surface area contributed by atoms with Crippen LogP contribution >= 0.6 is 35.3 Å². The number of nitrogens with two attached hydrogens (primary N) is 1. The number of guanidine groups is 1. The summed E-state index contributed by atoms with van der Waals surface area (Å²) in [6.45, 7) is 8.29. The summed E-state index contributed by atoms with van der Waals surface area (Å²) in [5.41, 5.74) is 7.33. The molecule has 0 radical (unpaired) electrons. The van der Waals surface area contributed by atoms with Crippen LogP contribution in [-0.2, 0) is 17.7 Å². The van der Waals surface area contributed by atoms with E-state index in [1.54, 1.807) is 4.88 Å². The highest BCUT2D eigenvalue weighted by molar-refractivity contribution is 14.0. The van der Waals surface area contributed by atoms with Gasteiger partial charge in [0.25, 0.3) is 0 Å². The van der Waals surface area contributed by atoms with Gasteiger partial charge in [-0.2, -0.15) is 0 Å². The fourth-order valence-corrected chi connectivity index (χ4v) is 3.30. The molecule has 0 atom stereocenters. The second-order valence-electron chi connectivity index (χ2n) is 5.14. The molecule has 2 heterocycles. The average Bonchev–Trinajstić information content (AvgIpc) is 2.94. The molecule has 0 fully saturated rings. The number of aliphatic imine (C=N–C) groups is 1. The lowest BCUT2D eigenvalue weighted by Crippen LogP contribution is -2.40. The predicted molar refractivity (Wildman–Crippen MR) is 104 cm³/mol. The minimum atomic E-state index is 0. The molecule has 1 aliphatic rings. The summed E-state index contributed by atoms with van der Waals surface area (Å²) in [5, 5.41) is 5.38. The number of ether oxygens (including phenoxy) is 1. The van der Waals surface area contributed by atoms with Crippen molar-refractivity contribution in [1.82, 2.24) is 10.2 Å². The second kappa shape index (κ2) is 11.2. The number of nitrogens with one attached hydrogen (secondary N) is 1. The van der Waals surface area contributed by atoms with E-state index in [2.05, 4.69) is 26.7 Å². The van der Waals surface area contributed by atoms with Gasteiger partial charge >= 0.3 is 0 Å². The molecule has 0 unspecified atom stereocenters. The molecule has 1 aromatic rings. The summed E-state index contributed by atoms with van der Waals surface area (Å²) in [7, 11) is 0. The maximum absolute atomic E-state index is 5.85. The average molecular weight is 438 g/mol. The minimum absolute atomic E-state index is 0. The number of thiophene rings is 1. The van der Waals surface area contributed by atoms with Crippen LogP contribution in [0.3, 0.4) is 0 Å². The third-order valence-electron chi connectivity index (χ3n) is 3.55. The molecule has 22 heavy (non-hydrogen) atoms. The molecular formula is C15H27IN4OS. The van der Waals surface area contributed by atoms with Crippen LogP contribution in [0.15, 0.2) is 16.4 Å². The Morgan fingerprint density at radius 3 is 3.23 bits per heavy atom. The van der Waals surface area contributed by atoms with E-state index >= 15 is 0 Å². The molecule has 0 amide bonds. The highest BCUT2D eigenvalue weighted by Crippen LogP contribution is 2.23. The number of nitrogens with zero attached hydrogens (tertiary/aromatic N) is 2. The first-order chi connectivity index (χ1) is 10.3. The molecule has 5 nitrogen and oxygen atoms in total. The zero-order valence-electron chi connectivity index (χ0n) is 13.2. The van der Waals surface area contributed by atoms with Crippen LogP contribution in [0.2, 0.25) is 0 Å². The molecule has 7 heteroatoms. The van der Waals surface area contributed by atoms with Gasteiger partial charge in [-0.15, -0.1) is 35.3 Å². The number of hydrogen-bond acceptors (Lipinski definition) is 4. The Morgan fingerprint density at radius 2 is 2.41 bits per heavy atom. The number of hydrogen-bond donors (Lipinski definition) is 2. The van der Waals surface area contributed by atoms with Crippen molar-refractivity contribution < 1.29 is 4.74 Å². The van der Waals surface area contributed by atoms with Crippen molar-refractivity contribution in [2.75, 3.05) is 39.4 Å². The Labute approximate surface area is 154 Å². The van der Waals surface area contributed by atoms with Crippen LogP contribution in [-0.4, -0.2) is 50.3 Å². The van der Waals surface area contributed by atoms with Gasteiger partial charge in [0, 0.05) is 50.8 Å². The van der Waals surface area contributed by atoms with Crippen LogP contribution in [0, 0.1) is 0 Å². The summed E-state index contributed by atoms with van der Waals surface area (Å²) in [6, 6.07) is 2.24. The summed E-state index contributed by atoms with van der Waals surface area (Å²) in [6.07, 6.45) is 2.09. The summed E-state index contributed by atoms with van der Waals surface area (Å²) < 4.78 is 5.26. The monoisotopic (exact) mass is 438 g/mol. The summed E-state index contributed by atoms with van der Waals surface area (Å²) in [4.78, 5) is 8.31. The quantitative estimate of drug-likeness (QED) is 0.282. The molecule has 0 aromatic carbocycles. The van der Waals surface area contributed by atoms with Gasteiger partial charge in [0.05, 0.1) is 0 Å². The van der Waals surface area contributed by atoms with Gasteiger partial charge in [-0.1, -0.05) is 0 Å². The molecule has 0 aliphatic carbocycles. The summed E-state index contributed by atoms with van der Waals surface area (Å²) in [5.74, 6) is 0.541. The van der Waals surface area contributed by atoms with E-state index in [4.69, 9.17) is 10.5 Å². The van der Waals surface area contributed by atoms with E-state index in [0.29, 0.717) is 5.96 Å². The number of halogens is 1. The second-order valence-corrected chi connectivity index (χ2v) is 6.14. The Bertz CT molecular complexity index is 453. The van der Waals surface area contributed by atoms with E-state index in [-0.39, 0.29) is 24.0 Å². The van der Waals surface area contributed by atoms with Crippen LogP contribution in [0.4, 0.5) is 0 Å². The van der Waals surface area contributed by atoms with Crippen LogP contribution < -0.4 is 11.1 Å². The van der Waals surface area contributed by atoms with Crippen molar-refractivity contribution in [3.8, 4) is 0 Å². The SMILES string of the molecule is CCOCCCN=C(N)NCCN1CCc2sccc2C1.I. The van der Waals surface area contributed by atoms with Gasteiger partial charge < -0.3 is 15.8 Å². The number of rotatable bonds is 8. The first-order valence-electron chi connectivity index (χ1n) is 7.68. The molecule has 0 spiro atoms. The van der Waals surface area contributed by atoms with Crippen molar-refractivity contribution in [3.63, 3.8) is 0 Å². The van der Waals surface area contributed by atoms with Gasteiger partial charge in [-0.3, -0.25) is 9.89 Å². The van der Waals surface area contributed by atoms with Crippen LogP contribution in [0.5, 0.6) is 0 Å². The predicted octanol–water partition coefficient (Wildman–Crippen LogP) is 2.06. The smallest absolute Gasteiger partial charge is 0.188 e. The van der Waals surface area contributed by atoms with Gasteiger partial charge in [0.2, 0.25) is 0 Å². The first kappa shape index (κ1) is 19.7. The van der Waals surface area contributed by atoms with Crippen LogP contribution in [0.1, 0.15) is 23.8 Å². The minimum Gasteiger partial charge on any atom is -0.382 e. The largest absolute Gasteiger partial charge is 0.382 e. The molecule has 1 aromatic heterocycles. The highest BCUT2D eigenvalue weighted by atomic mass is 127. The van der Waals surface area contributed by atoms with Gasteiger partial charge in [0.1, 0.15) is 0 Å². The molecule has 0 saturated heterocycles. The van der Waals surface area contributed by atoms with E-state index < -0.39 is 0 Å². The molecule has 0 saturated carbocycles. The molecular weight excluding hydrogens is 411 g/mol. The van der Waals surface area contributed by atoms with Crippen molar-refractivity contribution in [3.05, 3.63) is 21.9 Å². The lowest BCUT2D eigenvalue weighted by Gasteiger charge is -2.26. The normalized spacial score (nSPS) is 15.2. The zero-order chi connectivity index (χ0) is 14.9. The van der Waals surface area contributed by atoms with Crippen molar-refractivity contribution in [1.29, 1.82) is 0 Å². The first-order valence-corrected chi connectivity index (χ1v) is 8.56. The Kier molecular flexibility index (Phi) is 10.0. The summed E-state index contributed by atoms with van der Waals surface area (Å²) >= 11 is 1.88. The molecule has 126 valence electrons. The third kappa shape index (κ3) is 6.80. The van der Waals surface area contributed by atoms with Gasteiger partial charge in [-0.05, 0) is 36.8 Å². The van der Waals surface area contributed by atoms with Gasteiger partial charge in [0.15, 0.2) is 5.96 Å². The highest BCUT2D eigenvalue weighted by Gasteiger charge is 2.16. The maximum Gasteiger partial charge on any atom is 0.188 e. The fraction of sp³-hybridized carbons (Fsp3) is 0.667. The Hall–Kier alpha value is -0.380. The van der Waals surface area contributed by atoms with Crippen molar-refractivity contribution in [2.45, 2.75) is 26.3 Å². The molecule has 2 rings (SSSR count). The standard InChI is InChI=1S/C15H26N4OS.HI/c1-2-20-10-3-6-17-15(16)18-7-9-19-8-4-14-13(12-19)5-11-21-14;/h5,11H,2-4,6-10,12H2,1H3,(H3,16,17,18);1H. The Balaban J connectivity index is 0.00000242. The third-order valence-corrected chi connectivity index (χ3v) is 4.58. The van der Waals surface area contributed by atoms with Crippen molar-refractivity contribution >= 4 is 41.3 Å².